The molecular formula is C10H12N4O. The summed E-state index contributed by atoms with van der Waals surface area (Å²) in [6, 6.07) is 1.97. The van der Waals surface area contributed by atoms with E-state index in [-0.39, 0.29) is 0 Å². The van der Waals surface area contributed by atoms with Crippen LogP contribution in [0.4, 0.5) is 0 Å². The van der Waals surface area contributed by atoms with Crippen LogP contribution in [0.1, 0.15) is 16.2 Å². The summed E-state index contributed by atoms with van der Waals surface area (Å²) in [5.41, 5.74) is 1.75. The Balaban J connectivity index is 2.05. The van der Waals surface area contributed by atoms with Gasteiger partial charge in [0.05, 0.1) is 12.5 Å². The summed E-state index contributed by atoms with van der Waals surface area (Å²) < 4.78 is 3.66. The maximum atomic E-state index is 10.6. The highest BCUT2D eigenvalue weighted by Gasteiger charge is 2.02. The topological polar surface area (TPSA) is 52.7 Å². The average molecular weight is 204 g/mol. The number of carbonyl (C=O) groups excluding carboxylic acids is 1. The van der Waals surface area contributed by atoms with Gasteiger partial charge in [0, 0.05) is 31.9 Å². The van der Waals surface area contributed by atoms with Crippen molar-refractivity contribution in [1.82, 2.24) is 19.3 Å². The Bertz CT molecular complexity index is 457. The maximum absolute atomic E-state index is 10.6. The zero-order chi connectivity index (χ0) is 10.7. The van der Waals surface area contributed by atoms with Gasteiger partial charge in [0.1, 0.15) is 5.69 Å². The molecule has 0 aliphatic carbocycles. The molecule has 0 saturated carbocycles. The third-order valence-corrected chi connectivity index (χ3v) is 2.40. The van der Waals surface area contributed by atoms with Gasteiger partial charge >= 0.3 is 0 Å². The third kappa shape index (κ3) is 1.96. The van der Waals surface area contributed by atoms with Gasteiger partial charge in [0.25, 0.3) is 0 Å². The van der Waals surface area contributed by atoms with Gasteiger partial charge in [0.15, 0.2) is 6.29 Å². The lowest BCUT2D eigenvalue weighted by Gasteiger charge is -2.04. The van der Waals surface area contributed by atoms with Crippen LogP contribution in [0, 0.1) is 0 Å². The lowest BCUT2D eigenvalue weighted by molar-refractivity contribution is 0.111. The predicted octanol–water partition coefficient (Wildman–Crippen LogP) is 0.672. The van der Waals surface area contributed by atoms with Gasteiger partial charge in [-0.3, -0.25) is 9.48 Å². The summed E-state index contributed by atoms with van der Waals surface area (Å²) in [5.74, 6) is 0. The first-order chi connectivity index (χ1) is 7.31. The number of aromatic nitrogens is 4. The van der Waals surface area contributed by atoms with Gasteiger partial charge in [-0.1, -0.05) is 0 Å². The fourth-order valence-electron chi connectivity index (χ4n) is 1.50. The second kappa shape index (κ2) is 4.08. The van der Waals surface area contributed by atoms with Crippen LogP contribution in [-0.4, -0.2) is 25.6 Å². The lowest BCUT2D eigenvalue weighted by atomic mass is 10.3. The average Bonchev–Trinajstić information content (AvgIpc) is 2.83. The fraction of sp³-hybridized carbons (Fsp3) is 0.300. The van der Waals surface area contributed by atoms with Crippen molar-refractivity contribution in [1.29, 1.82) is 0 Å². The summed E-state index contributed by atoms with van der Waals surface area (Å²) in [5, 5.41) is 4.08. The Morgan fingerprint density at radius 1 is 1.53 bits per heavy atom. The van der Waals surface area contributed by atoms with Crippen molar-refractivity contribution in [2.45, 2.75) is 13.0 Å². The molecule has 0 radical (unpaired) electrons. The Kier molecular flexibility index (Phi) is 2.62. The molecule has 5 heteroatoms. The number of hydrogen-bond donors (Lipinski definition) is 0. The van der Waals surface area contributed by atoms with Crippen LogP contribution >= 0.6 is 0 Å². The minimum absolute atomic E-state index is 0.608. The summed E-state index contributed by atoms with van der Waals surface area (Å²) in [4.78, 5) is 14.6. The number of imidazole rings is 1. The molecule has 0 bridgehead atoms. The Labute approximate surface area is 87.4 Å². The SMILES string of the molecule is Cn1nccc1CCn1cncc1C=O. The van der Waals surface area contributed by atoms with Crippen LogP contribution in [0.25, 0.3) is 0 Å². The molecule has 0 fully saturated rings. The van der Waals surface area contributed by atoms with E-state index in [1.54, 1.807) is 18.7 Å². The molecular weight excluding hydrogens is 192 g/mol. The quantitative estimate of drug-likeness (QED) is 0.688. The number of hydrogen-bond acceptors (Lipinski definition) is 3. The first-order valence-electron chi connectivity index (χ1n) is 4.73. The van der Waals surface area contributed by atoms with Gasteiger partial charge < -0.3 is 4.57 Å². The molecule has 2 aromatic rings. The smallest absolute Gasteiger partial charge is 0.168 e. The standard InChI is InChI=1S/C10H12N4O/c1-13-9(2-4-12-13)3-5-14-8-11-6-10(14)7-15/h2,4,6-8H,3,5H2,1H3. The Morgan fingerprint density at radius 3 is 3.07 bits per heavy atom. The van der Waals surface area contributed by atoms with Crippen LogP contribution in [-0.2, 0) is 20.0 Å². The summed E-state index contributed by atoms with van der Waals surface area (Å²) in [6.45, 7) is 0.744. The van der Waals surface area contributed by atoms with Crippen molar-refractivity contribution in [2.24, 2.45) is 7.05 Å². The molecule has 0 N–H and O–H groups in total. The minimum Gasteiger partial charge on any atom is -0.328 e. The maximum Gasteiger partial charge on any atom is 0.168 e. The summed E-state index contributed by atoms with van der Waals surface area (Å²) in [7, 11) is 1.91. The van der Waals surface area contributed by atoms with E-state index in [9.17, 15) is 4.79 Å². The molecule has 2 aromatic heterocycles. The number of rotatable bonds is 4. The second-order valence-corrected chi connectivity index (χ2v) is 3.33. The van der Waals surface area contributed by atoms with E-state index in [1.165, 1.54) is 0 Å². The highest BCUT2D eigenvalue weighted by molar-refractivity contribution is 5.71. The van der Waals surface area contributed by atoms with Gasteiger partial charge in [0.2, 0.25) is 0 Å². The Hall–Kier alpha value is -1.91. The molecule has 0 spiro atoms. The largest absolute Gasteiger partial charge is 0.328 e. The molecule has 0 unspecified atom stereocenters. The molecule has 0 aromatic carbocycles. The number of aldehydes is 1. The van der Waals surface area contributed by atoms with E-state index in [0.717, 1.165) is 24.9 Å². The van der Waals surface area contributed by atoms with Crippen molar-refractivity contribution in [3.05, 3.63) is 36.2 Å². The number of aryl methyl sites for hydroxylation is 3. The molecule has 0 saturated heterocycles. The van der Waals surface area contributed by atoms with E-state index in [4.69, 9.17) is 0 Å². The van der Waals surface area contributed by atoms with Crippen LogP contribution in [0.15, 0.2) is 24.8 Å². The van der Waals surface area contributed by atoms with E-state index < -0.39 is 0 Å². The normalized spacial score (nSPS) is 10.5. The molecule has 0 amide bonds. The number of carbonyl (C=O) groups is 1. The van der Waals surface area contributed by atoms with Crippen molar-refractivity contribution in [2.75, 3.05) is 0 Å². The van der Waals surface area contributed by atoms with Crippen LogP contribution < -0.4 is 0 Å². The molecule has 0 aliphatic rings. The van der Waals surface area contributed by atoms with Crippen LogP contribution in [0.2, 0.25) is 0 Å². The van der Waals surface area contributed by atoms with Gasteiger partial charge in [-0.25, -0.2) is 4.98 Å². The van der Waals surface area contributed by atoms with Gasteiger partial charge in [-0.15, -0.1) is 0 Å². The highest BCUT2D eigenvalue weighted by Crippen LogP contribution is 2.02. The summed E-state index contributed by atoms with van der Waals surface area (Å²) >= 11 is 0. The number of nitrogens with zero attached hydrogens (tertiary/aromatic N) is 4. The van der Waals surface area contributed by atoms with Gasteiger partial charge in [-0.05, 0) is 6.07 Å². The predicted molar refractivity (Wildman–Crippen MR) is 54.5 cm³/mol. The van der Waals surface area contributed by atoms with Crippen molar-refractivity contribution in [3.8, 4) is 0 Å². The fourth-order valence-corrected chi connectivity index (χ4v) is 1.50. The van der Waals surface area contributed by atoms with Crippen molar-refractivity contribution < 1.29 is 4.79 Å². The van der Waals surface area contributed by atoms with Crippen molar-refractivity contribution >= 4 is 6.29 Å². The van der Waals surface area contributed by atoms with Crippen LogP contribution in [0.3, 0.4) is 0 Å². The zero-order valence-corrected chi connectivity index (χ0v) is 8.50. The molecule has 0 aliphatic heterocycles. The van der Waals surface area contributed by atoms with E-state index in [0.29, 0.717) is 5.69 Å². The van der Waals surface area contributed by atoms with Gasteiger partial charge in [-0.2, -0.15) is 5.10 Å². The monoisotopic (exact) mass is 204 g/mol. The summed E-state index contributed by atoms with van der Waals surface area (Å²) in [6.07, 6.45) is 6.66. The highest BCUT2D eigenvalue weighted by atomic mass is 16.1. The van der Waals surface area contributed by atoms with E-state index >= 15 is 0 Å². The van der Waals surface area contributed by atoms with Crippen LogP contribution in [0.5, 0.6) is 0 Å². The zero-order valence-electron chi connectivity index (χ0n) is 8.50. The first kappa shape index (κ1) is 9.64. The molecule has 5 nitrogen and oxygen atoms in total. The lowest BCUT2D eigenvalue weighted by Crippen LogP contribution is -2.06. The molecule has 2 rings (SSSR count). The Morgan fingerprint density at radius 2 is 2.40 bits per heavy atom. The second-order valence-electron chi connectivity index (χ2n) is 3.33. The minimum atomic E-state index is 0.608. The third-order valence-electron chi connectivity index (χ3n) is 2.40. The molecule has 15 heavy (non-hydrogen) atoms. The van der Waals surface area contributed by atoms with E-state index in [2.05, 4.69) is 10.1 Å². The molecule has 0 atom stereocenters. The molecule has 78 valence electrons. The molecule has 2 heterocycles. The first-order valence-corrected chi connectivity index (χ1v) is 4.73. The van der Waals surface area contributed by atoms with Crippen molar-refractivity contribution in [3.63, 3.8) is 0 Å². The van der Waals surface area contributed by atoms with E-state index in [1.807, 2.05) is 22.4 Å².